The molecule has 0 amide bonds. The highest BCUT2D eigenvalue weighted by Crippen LogP contribution is 2.31. The molecule has 0 spiro atoms. The van der Waals surface area contributed by atoms with Crippen molar-refractivity contribution >= 4 is 38.3 Å². The Hall–Kier alpha value is -1.96. The second-order valence-corrected chi connectivity index (χ2v) is 8.30. The maximum Gasteiger partial charge on any atom is 0.203 e. The number of aromatic nitrogens is 1. The summed E-state index contributed by atoms with van der Waals surface area (Å²) >= 11 is 1.52. The van der Waals surface area contributed by atoms with E-state index >= 15 is 0 Å². The van der Waals surface area contributed by atoms with E-state index in [0.717, 1.165) is 33.8 Å². The Morgan fingerprint density at radius 1 is 1.27 bits per heavy atom. The molecule has 0 aliphatic heterocycles. The predicted octanol–water partition coefficient (Wildman–Crippen LogP) is 3.52. The van der Waals surface area contributed by atoms with Crippen molar-refractivity contribution in [2.45, 2.75) is 19.9 Å². The van der Waals surface area contributed by atoms with Gasteiger partial charge in [0.1, 0.15) is 10.6 Å². The lowest BCUT2D eigenvalue weighted by Crippen LogP contribution is -2.18. The third-order valence-electron chi connectivity index (χ3n) is 4.22. The molecule has 0 bridgehead atoms. The fourth-order valence-corrected chi connectivity index (χ4v) is 4.52. The number of benzene rings is 1. The number of nitrogens with zero attached hydrogens (tertiary/aromatic N) is 1. The quantitative estimate of drug-likeness (QED) is 0.473. The number of ketones is 1. The minimum atomic E-state index is -0.982. The van der Waals surface area contributed by atoms with Crippen LogP contribution in [-0.2, 0) is 17.5 Å². The molecule has 1 unspecified atom stereocenters. The maximum absolute atomic E-state index is 12.8. The third-order valence-corrected chi connectivity index (χ3v) is 6.00. The molecule has 138 valence electrons. The summed E-state index contributed by atoms with van der Waals surface area (Å²) in [4.78, 5) is 14.6. The van der Waals surface area contributed by atoms with Gasteiger partial charge in [-0.2, -0.15) is 0 Å². The number of carbonyl (C=O) groups is 1. The largest absolute Gasteiger partial charge is 0.497 e. The molecule has 0 saturated heterocycles. The van der Waals surface area contributed by atoms with Crippen LogP contribution in [0.1, 0.15) is 27.3 Å². The van der Waals surface area contributed by atoms with E-state index in [0.29, 0.717) is 12.1 Å². The topological polar surface area (TPSA) is 60.3 Å². The first-order valence-corrected chi connectivity index (χ1v) is 10.7. The van der Waals surface area contributed by atoms with Crippen LogP contribution in [-0.4, -0.2) is 34.5 Å². The molecule has 7 heteroatoms. The second kappa shape index (κ2) is 8.16. The first-order valence-electron chi connectivity index (χ1n) is 8.35. The minimum Gasteiger partial charge on any atom is -0.497 e. The van der Waals surface area contributed by atoms with Crippen molar-refractivity contribution in [1.82, 2.24) is 9.29 Å². The number of thiophene rings is 1. The monoisotopic (exact) mass is 390 g/mol. The highest BCUT2D eigenvalue weighted by molar-refractivity contribution is 7.82. The molecule has 2 aromatic heterocycles. The number of aryl methyl sites for hydroxylation is 2. The highest BCUT2D eigenvalue weighted by atomic mass is 32.2. The third kappa shape index (κ3) is 4.06. The summed E-state index contributed by atoms with van der Waals surface area (Å²) in [5, 5.41) is 1.09. The van der Waals surface area contributed by atoms with Crippen LogP contribution >= 0.6 is 11.3 Å². The Bertz CT molecular complexity index is 942. The molecule has 0 fully saturated rings. The zero-order chi connectivity index (χ0) is 18.7. The summed E-state index contributed by atoms with van der Waals surface area (Å²) in [5.41, 5.74) is 1.83. The van der Waals surface area contributed by atoms with Crippen LogP contribution in [0.2, 0.25) is 0 Å². The molecule has 3 rings (SSSR count). The Morgan fingerprint density at radius 3 is 2.65 bits per heavy atom. The van der Waals surface area contributed by atoms with Gasteiger partial charge in [-0.25, -0.2) is 8.93 Å². The normalized spacial score (nSPS) is 12.4. The van der Waals surface area contributed by atoms with Gasteiger partial charge >= 0.3 is 0 Å². The smallest absolute Gasteiger partial charge is 0.203 e. The zero-order valence-corrected chi connectivity index (χ0v) is 16.7. The van der Waals surface area contributed by atoms with E-state index in [4.69, 9.17) is 4.74 Å². The van der Waals surface area contributed by atoms with Gasteiger partial charge < -0.3 is 9.30 Å². The Kier molecular flexibility index (Phi) is 5.90. The van der Waals surface area contributed by atoms with Gasteiger partial charge in [-0.15, -0.1) is 11.3 Å². The first kappa shape index (κ1) is 18.8. The molecule has 0 radical (unpaired) electrons. The number of methoxy groups -OCH3 is 1. The fraction of sp³-hybridized carbons (Fsp3) is 0.316. The van der Waals surface area contributed by atoms with Gasteiger partial charge in [0.2, 0.25) is 5.78 Å². The van der Waals surface area contributed by atoms with Gasteiger partial charge in [0.05, 0.1) is 23.0 Å². The number of hydrogen-bond donors (Lipinski definition) is 1. The summed E-state index contributed by atoms with van der Waals surface area (Å²) in [6.07, 6.45) is 2.51. The highest BCUT2D eigenvalue weighted by Gasteiger charge is 2.16. The van der Waals surface area contributed by atoms with E-state index in [1.807, 2.05) is 6.07 Å². The zero-order valence-electron chi connectivity index (χ0n) is 15.1. The van der Waals surface area contributed by atoms with Crippen LogP contribution in [0.5, 0.6) is 5.75 Å². The SMILES string of the molecule is COc1ccc(C(=O)c2cc3cc(C)n(CCCNS(C)=O)c3s2)cc1. The van der Waals surface area contributed by atoms with E-state index in [1.165, 1.54) is 17.0 Å². The molecular weight excluding hydrogens is 368 g/mol. The van der Waals surface area contributed by atoms with Crippen molar-refractivity contribution < 1.29 is 13.7 Å². The number of nitrogens with one attached hydrogen (secondary N) is 1. The predicted molar refractivity (Wildman–Crippen MR) is 108 cm³/mol. The van der Waals surface area contributed by atoms with Crippen molar-refractivity contribution in [3.63, 3.8) is 0 Å². The van der Waals surface area contributed by atoms with Crippen molar-refractivity contribution in [3.8, 4) is 5.75 Å². The van der Waals surface area contributed by atoms with Crippen molar-refractivity contribution in [2.24, 2.45) is 0 Å². The average Bonchev–Trinajstić information content (AvgIpc) is 3.15. The Balaban J connectivity index is 1.80. The van der Waals surface area contributed by atoms with Gasteiger partial charge in [0.25, 0.3) is 0 Å². The number of ether oxygens (including phenoxy) is 1. The number of hydrogen-bond acceptors (Lipinski definition) is 4. The summed E-state index contributed by atoms with van der Waals surface area (Å²) in [6, 6.07) is 11.3. The molecule has 0 aliphatic rings. The van der Waals surface area contributed by atoms with E-state index < -0.39 is 11.0 Å². The Labute approximate surface area is 159 Å². The molecule has 2 heterocycles. The average molecular weight is 391 g/mol. The van der Waals surface area contributed by atoms with Crippen LogP contribution in [0.4, 0.5) is 0 Å². The standard InChI is InChI=1S/C19H22N2O3S2/c1-13-11-15-12-17(18(22)14-5-7-16(24-2)8-6-14)25-19(15)21(13)10-4-9-20-26(3)23/h5-8,11-12,20H,4,9-10H2,1-3H3. The lowest BCUT2D eigenvalue weighted by molar-refractivity contribution is 0.104. The van der Waals surface area contributed by atoms with Crippen LogP contribution in [0.15, 0.2) is 36.4 Å². The molecule has 0 aliphatic carbocycles. The Morgan fingerprint density at radius 2 is 2.00 bits per heavy atom. The van der Waals surface area contributed by atoms with Gasteiger partial charge in [-0.1, -0.05) is 0 Å². The van der Waals surface area contributed by atoms with Crippen LogP contribution in [0.3, 0.4) is 0 Å². The lowest BCUT2D eigenvalue weighted by atomic mass is 10.1. The second-order valence-electron chi connectivity index (χ2n) is 6.07. The van der Waals surface area contributed by atoms with Gasteiger partial charge in [-0.05, 0) is 49.7 Å². The minimum absolute atomic E-state index is 0.0288. The molecule has 1 aromatic carbocycles. The summed E-state index contributed by atoms with van der Waals surface area (Å²) < 4.78 is 21.4. The summed E-state index contributed by atoms with van der Waals surface area (Å²) in [6.45, 7) is 3.60. The fourth-order valence-electron chi connectivity index (χ4n) is 2.90. The van der Waals surface area contributed by atoms with Crippen LogP contribution < -0.4 is 9.46 Å². The lowest BCUT2D eigenvalue weighted by Gasteiger charge is -2.07. The maximum atomic E-state index is 12.8. The summed E-state index contributed by atoms with van der Waals surface area (Å²) in [7, 11) is 0.626. The van der Waals surface area contributed by atoms with Gasteiger partial charge in [0, 0.05) is 36.0 Å². The van der Waals surface area contributed by atoms with E-state index in [2.05, 4.69) is 22.3 Å². The van der Waals surface area contributed by atoms with Gasteiger partial charge in [0.15, 0.2) is 0 Å². The molecule has 1 atom stereocenters. The van der Waals surface area contributed by atoms with Crippen molar-refractivity contribution in [1.29, 1.82) is 0 Å². The van der Waals surface area contributed by atoms with Crippen molar-refractivity contribution in [3.05, 3.63) is 52.5 Å². The van der Waals surface area contributed by atoms with E-state index in [-0.39, 0.29) is 5.78 Å². The number of fused-ring (bicyclic) bond motifs is 1. The number of rotatable bonds is 8. The van der Waals surface area contributed by atoms with Gasteiger partial charge in [-0.3, -0.25) is 4.79 Å². The van der Waals surface area contributed by atoms with Crippen LogP contribution in [0, 0.1) is 6.92 Å². The summed E-state index contributed by atoms with van der Waals surface area (Å²) in [5.74, 6) is 0.766. The molecule has 3 aromatic rings. The van der Waals surface area contributed by atoms with E-state index in [9.17, 15) is 9.00 Å². The number of carbonyl (C=O) groups excluding carboxylic acids is 1. The first-order chi connectivity index (χ1) is 12.5. The molecule has 0 saturated carbocycles. The molecule has 1 N–H and O–H groups in total. The van der Waals surface area contributed by atoms with E-state index in [1.54, 1.807) is 37.6 Å². The molecular formula is C19H22N2O3S2. The molecule has 5 nitrogen and oxygen atoms in total. The van der Waals surface area contributed by atoms with Crippen LogP contribution in [0.25, 0.3) is 10.2 Å². The van der Waals surface area contributed by atoms with Crippen molar-refractivity contribution in [2.75, 3.05) is 19.9 Å². The molecule has 26 heavy (non-hydrogen) atoms.